The van der Waals surface area contributed by atoms with Crippen molar-refractivity contribution in [3.63, 3.8) is 0 Å². The lowest BCUT2D eigenvalue weighted by atomic mass is 10.0. The summed E-state index contributed by atoms with van der Waals surface area (Å²) >= 11 is 3.43. The summed E-state index contributed by atoms with van der Waals surface area (Å²) in [5, 5.41) is 3.13. The van der Waals surface area contributed by atoms with Gasteiger partial charge in [0.05, 0.1) is 12.6 Å². The van der Waals surface area contributed by atoms with Crippen molar-refractivity contribution < 1.29 is 9.59 Å². The van der Waals surface area contributed by atoms with Crippen molar-refractivity contribution in [3.8, 4) is 0 Å². The lowest BCUT2D eigenvalue weighted by molar-refractivity contribution is -0.128. The van der Waals surface area contributed by atoms with E-state index >= 15 is 0 Å². The highest BCUT2D eigenvalue weighted by atomic mass is 79.9. The fourth-order valence-electron chi connectivity index (χ4n) is 3.00. The van der Waals surface area contributed by atoms with Crippen LogP contribution in [0.3, 0.4) is 0 Å². The zero-order valence-corrected chi connectivity index (χ0v) is 16.0. The van der Waals surface area contributed by atoms with Gasteiger partial charge in [0.1, 0.15) is 0 Å². The van der Waals surface area contributed by atoms with Crippen LogP contribution in [0.25, 0.3) is 0 Å². The molecule has 5 nitrogen and oxygen atoms in total. The van der Waals surface area contributed by atoms with E-state index < -0.39 is 0 Å². The molecule has 132 valence electrons. The Bertz CT molecular complexity index is 562. The molecule has 0 aromatic heterocycles. The summed E-state index contributed by atoms with van der Waals surface area (Å²) in [6, 6.07) is 8.10. The third-order valence-electron chi connectivity index (χ3n) is 4.42. The van der Waals surface area contributed by atoms with E-state index in [2.05, 4.69) is 33.1 Å². The fourth-order valence-corrected chi connectivity index (χ4v) is 3.27. The molecule has 0 aliphatic carbocycles. The first-order valence-corrected chi connectivity index (χ1v) is 9.31. The van der Waals surface area contributed by atoms with E-state index in [9.17, 15) is 9.59 Å². The van der Waals surface area contributed by atoms with Crippen molar-refractivity contribution in [2.75, 3.05) is 32.7 Å². The quantitative estimate of drug-likeness (QED) is 0.833. The van der Waals surface area contributed by atoms with Crippen LogP contribution in [0.5, 0.6) is 0 Å². The molecule has 1 aliphatic rings. The first kappa shape index (κ1) is 18.9. The molecule has 1 heterocycles. The molecule has 1 fully saturated rings. The largest absolute Gasteiger partial charge is 0.348 e. The van der Waals surface area contributed by atoms with Crippen LogP contribution in [0.2, 0.25) is 0 Å². The molecule has 1 aromatic rings. The second kappa shape index (κ2) is 9.18. The van der Waals surface area contributed by atoms with Gasteiger partial charge in [-0.05, 0) is 30.5 Å². The van der Waals surface area contributed by atoms with Crippen molar-refractivity contribution in [2.24, 2.45) is 0 Å². The van der Waals surface area contributed by atoms with Crippen molar-refractivity contribution in [1.29, 1.82) is 0 Å². The summed E-state index contributed by atoms with van der Waals surface area (Å²) in [4.78, 5) is 27.9. The molecule has 1 atom stereocenters. The van der Waals surface area contributed by atoms with E-state index in [-0.39, 0.29) is 17.9 Å². The maximum Gasteiger partial charge on any atom is 0.234 e. The Hall–Kier alpha value is -1.40. The van der Waals surface area contributed by atoms with Crippen LogP contribution in [0.1, 0.15) is 38.3 Å². The van der Waals surface area contributed by atoms with Crippen LogP contribution in [-0.4, -0.2) is 54.3 Å². The van der Waals surface area contributed by atoms with Crippen LogP contribution in [-0.2, 0) is 9.59 Å². The van der Waals surface area contributed by atoms with Gasteiger partial charge in [0, 0.05) is 37.6 Å². The second-order valence-corrected chi connectivity index (χ2v) is 7.13. The Kier molecular flexibility index (Phi) is 7.24. The zero-order chi connectivity index (χ0) is 17.5. The molecule has 0 radical (unpaired) electrons. The summed E-state index contributed by atoms with van der Waals surface area (Å²) in [5.41, 5.74) is 1.12. The Labute approximate surface area is 152 Å². The average molecular weight is 396 g/mol. The van der Waals surface area contributed by atoms with Gasteiger partial charge in [0.15, 0.2) is 0 Å². The van der Waals surface area contributed by atoms with Gasteiger partial charge in [-0.1, -0.05) is 35.0 Å². The molecule has 1 N–H and O–H groups in total. The van der Waals surface area contributed by atoms with Crippen molar-refractivity contribution in [2.45, 2.75) is 32.7 Å². The Balaban J connectivity index is 1.87. The lowest BCUT2D eigenvalue weighted by Gasteiger charge is -2.23. The van der Waals surface area contributed by atoms with Crippen LogP contribution in [0.15, 0.2) is 28.7 Å². The summed E-state index contributed by atoms with van der Waals surface area (Å²) in [6.07, 6.45) is 1.77. The standard InChI is InChI=1S/C18H26BrN3O2/c1-3-17(15-5-7-16(19)8-6-15)20-18(24)13-21-9-4-10-22(12-11-21)14(2)23/h5-8,17H,3-4,9-13H2,1-2H3,(H,20,24). The molecule has 0 spiro atoms. The summed E-state index contributed by atoms with van der Waals surface area (Å²) < 4.78 is 1.03. The van der Waals surface area contributed by atoms with Gasteiger partial charge in [-0.15, -0.1) is 0 Å². The molecule has 0 saturated carbocycles. The molecule has 24 heavy (non-hydrogen) atoms. The summed E-state index contributed by atoms with van der Waals surface area (Å²) in [7, 11) is 0. The van der Waals surface area contributed by atoms with E-state index in [4.69, 9.17) is 0 Å². The molecule has 1 aromatic carbocycles. The van der Waals surface area contributed by atoms with Crippen molar-refractivity contribution in [3.05, 3.63) is 34.3 Å². The number of amides is 2. The molecular formula is C18H26BrN3O2. The number of rotatable bonds is 5. The van der Waals surface area contributed by atoms with E-state index in [1.54, 1.807) is 6.92 Å². The molecule has 2 amide bonds. The third kappa shape index (κ3) is 5.60. The Morgan fingerprint density at radius 2 is 1.88 bits per heavy atom. The van der Waals surface area contributed by atoms with E-state index in [0.717, 1.165) is 42.5 Å². The van der Waals surface area contributed by atoms with Gasteiger partial charge < -0.3 is 10.2 Å². The van der Waals surface area contributed by atoms with Gasteiger partial charge in [-0.2, -0.15) is 0 Å². The van der Waals surface area contributed by atoms with Crippen LogP contribution in [0, 0.1) is 0 Å². The normalized spacial score (nSPS) is 17.2. The summed E-state index contributed by atoms with van der Waals surface area (Å²) in [5.74, 6) is 0.156. The van der Waals surface area contributed by atoms with E-state index in [1.165, 1.54) is 0 Å². The SMILES string of the molecule is CCC(NC(=O)CN1CCCN(C(C)=O)CC1)c1ccc(Br)cc1. The lowest BCUT2D eigenvalue weighted by Crippen LogP contribution is -2.40. The van der Waals surface area contributed by atoms with Gasteiger partial charge in [-0.25, -0.2) is 0 Å². The average Bonchev–Trinajstić information content (AvgIpc) is 2.79. The number of nitrogens with one attached hydrogen (secondary N) is 1. The number of carbonyl (C=O) groups is 2. The Morgan fingerprint density at radius 1 is 1.17 bits per heavy atom. The number of nitrogens with zero attached hydrogens (tertiary/aromatic N) is 2. The van der Waals surface area contributed by atoms with Gasteiger partial charge in [-0.3, -0.25) is 14.5 Å². The topological polar surface area (TPSA) is 52.7 Å². The second-order valence-electron chi connectivity index (χ2n) is 6.22. The first-order chi connectivity index (χ1) is 11.5. The minimum atomic E-state index is 0.0336. The van der Waals surface area contributed by atoms with Gasteiger partial charge >= 0.3 is 0 Å². The number of hydrogen-bond acceptors (Lipinski definition) is 3. The molecule has 2 rings (SSSR count). The summed E-state index contributed by atoms with van der Waals surface area (Å²) in [6.45, 7) is 7.15. The van der Waals surface area contributed by atoms with Gasteiger partial charge in [0.2, 0.25) is 11.8 Å². The molecular weight excluding hydrogens is 370 g/mol. The molecule has 6 heteroatoms. The van der Waals surface area contributed by atoms with Crippen LogP contribution >= 0.6 is 15.9 Å². The number of benzene rings is 1. The predicted octanol–water partition coefficient (Wildman–Crippen LogP) is 2.57. The van der Waals surface area contributed by atoms with Crippen molar-refractivity contribution in [1.82, 2.24) is 15.1 Å². The highest BCUT2D eigenvalue weighted by Crippen LogP contribution is 2.19. The molecule has 1 unspecified atom stereocenters. The predicted molar refractivity (Wildman–Crippen MR) is 98.6 cm³/mol. The van der Waals surface area contributed by atoms with Crippen LogP contribution < -0.4 is 5.32 Å². The third-order valence-corrected chi connectivity index (χ3v) is 4.95. The number of halogens is 1. The fraction of sp³-hybridized carbons (Fsp3) is 0.556. The highest BCUT2D eigenvalue weighted by Gasteiger charge is 2.19. The van der Waals surface area contributed by atoms with Crippen molar-refractivity contribution >= 4 is 27.7 Å². The first-order valence-electron chi connectivity index (χ1n) is 8.52. The minimum absolute atomic E-state index is 0.0336. The maximum absolute atomic E-state index is 12.4. The monoisotopic (exact) mass is 395 g/mol. The molecule has 1 aliphatic heterocycles. The van der Waals surface area contributed by atoms with Gasteiger partial charge in [0.25, 0.3) is 0 Å². The van der Waals surface area contributed by atoms with E-state index in [1.807, 2.05) is 29.2 Å². The minimum Gasteiger partial charge on any atom is -0.348 e. The maximum atomic E-state index is 12.4. The smallest absolute Gasteiger partial charge is 0.234 e. The molecule has 1 saturated heterocycles. The number of hydrogen-bond donors (Lipinski definition) is 1. The van der Waals surface area contributed by atoms with E-state index in [0.29, 0.717) is 13.1 Å². The highest BCUT2D eigenvalue weighted by molar-refractivity contribution is 9.10. The molecule has 0 bridgehead atoms. The number of carbonyl (C=O) groups excluding carboxylic acids is 2. The van der Waals surface area contributed by atoms with Crippen LogP contribution in [0.4, 0.5) is 0 Å². The zero-order valence-electron chi connectivity index (χ0n) is 14.4. The Morgan fingerprint density at radius 3 is 2.50 bits per heavy atom.